The molecule has 4 nitrogen and oxygen atoms in total. The largest absolute Gasteiger partial charge is 0.481 e. The third-order valence-electron chi connectivity index (χ3n) is 2.17. The zero-order valence-corrected chi connectivity index (χ0v) is 8.60. The van der Waals surface area contributed by atoms with Crippen LogP contribution in [0, 0.1) is 11.6 Å². The number of aliphatic carboxylic acids is 1. The van der Waals surface area contributed by atoms with Crippen LogP contribution in [0.5, 0.6) is 0 Å². The van der Waals surface area contributed by atoms with Gasteiger partial charge in [0.2, 0.25) is 0 Å². The third-order valence-corrected chi connectivity index (χ3v) is 2.17. The summed E-state index contributed by atoms with van der Waals surface area (Å²) < 4.78 is 27.1. The standard InChI is InChI=1S/C11H8F2N2O2/c12-9-2-1-8(4-10(9)13)15-5-7(14-6-15)3-11(16)17/h1-2,4-6H,3H2,(H,16,17). The molecule has 17 heavy (non-hydrogen) atoms. The van der Waals surface area contributed by atoms with Crippen LogP contribution in [-0.2, 0) is 11.2 Å². The summed E-state index contributed by atoms with van der Waals surface area (Å²) >= 11 is 0. The van der Waals surface area contributed by atoms with Crippen molar-refractivity contribution in [2.45, 2.75) is 6.42 Å². The van der Waals surface area contributed by atoms with E-state index in [4.69, 9.17) is 5.11 Å². The van der Waals surface area contributed by atoms with Gasteiger partial charge in [0.15, 0.2) is 11.6 Å². The fourth-order valence-electron chi connectivity index (χ4n) is 1.40. The molecule has 1 N–H and O–H groups in total. The number of hydrogen-bond donors (Lipinski definition) is 1. The van der Waals surface area contributed by atoms with Gasteiger partial charge >= 0.3 is 5.97 Å². The van der Waals surface area contributed by atoms with E-state index in [0.717, 1.165) is 12.1 Å². The molecule has 0 radical (unpaired) electrons. The van der Waals surface area contributed by atoms with Crippen LogP contribution < -0.4 is 0 Å². The monoisotopic (exact) mass is 238 g/mol. The number of carbonyl (C=O) groups is 1. The lowest BCUT2D eigenvalue weighted by molar-refractivity contribution is -0.136. The van der Waals surface area contributed by atoms with Crippen molar-refractivity contribution in [2.75, 3.05) is 0 Å². The summed E-state index contributed by atoms with van der Waals surface area (Å²) in [6.45, 7) is 0. The fraction of sp³-hybridized carbons (Fsp3) is 0.0909. The third kappa shape index (κ3) is 2.47. The highest BCUT2D eigenvalue weighted by Gasteiger charge is 2.07. The van der Waals surface area contributed by atoms with Crippen molar-refractivity contribution in [1.29, 1.82) is 0 Å². The molecule has 1 heterocycles. The Morgan fingerprint density at radius 2 is 2.12 bits per heavy atom. The lowest BCUT2D eigenvalue weighted by Crippen LogP contribution is -2.00. The highest BCUT2D eigenvalue weighted by atomic mass is 19.2. The van der Waals surface area contributed by atoms with Gasteiger partial charge in [-0.05, 0) is 12.1 Å². The molecule has 0 aliphatic carbocycles. The molecular weight excluding hydrogens is 230 g/mol. The van der Waals surface area contributed by atoms with E-state index >= 15 is 0 Å². The van der Waals surface area contributed by atoms with Gasteiger partial charge in [-0.25, -0.2) is 13.8 Å². The van der Waals surface area contributed by atoms with Gasteiger partial charge in [-0.2, -0.15) is 0 Å². The van der Waals surface area contributed by atoms with Gasteiger partial charge in [-0.1, -0.05) is 0 Å². The van der Waals surface area contributed by atoms with Crippen LogP contribution >= 0.6 is 0 Å². The molecule has 0 fully saturated rings. The molecule has 88 valence electrons. The molecule has 0 unspecified atom stereocenters. The van der Waals surface area contributed by atoms with E-state index in [2.05, 4.69) is 4.98 Å². The smallest absolute Gasteiger partial charge is 0.309 e. The fourth-order valence-corrected chi connectivity index (χ4v) is 1.40. The van der Waals surface area contributed by atoms with Crippen LogP contribution in [-0.4, -0.2) is 20.6 Å². The zero-order valence-electron chi connectivity index (χ0n) is 8.60. The van der Waals surface area contributed by atoms with Gasteiger partial charge in [-0.15, -0.1) is 0 Å². The molecule has 2 aromatic rings. The Hall–Kier alpha value is -2.24. The number of benzene rings is 1. The van der Waals surface area contributed by atoms with E-state index in [1.807, 2.05) is 0 Å². The normalized spacial score (nSPS) is 10.5. The van der Waals surface area contributed by atoms with E-state index in [0.29, 0.717) is 11.4 Å². The summed E-state index contributed by atoms with van der Waals surface area (Å²) in [5.74, 6) is -2.89. The molecule has 0 atom stereocenters. The van der Waals surface area contributed by atoms with Crippen molar-refractivity contribution < 1.29 is 18.7 Å². The summed E-state index contributed by atoms with van der Waals surface area (Å²) in [6.07, 6.45) is 2.60. The number of halogens is 2. The van der Waals surface area contributed by atoms with E-state index in [-0.39, 0.29) is 6.42 Å². The topological polar surface area (TPSA) is 55.1 Å². The number of hydrogen-bond acceptors (Lipinski definition) is 2. The number of carboxylic acid groups (broad SMARTS) is 1. The number of carboxylic acids is 1. The van der Waals surface area contributed by atoms with Crippen molar-refractivity contribution in [3.63, 3.8) is 0 Å². The van der Waals surface area contributed by atoms with E-state index < -0.39 is 17.6 Å². The van der Waals surface area contributed by atoms with E-state index in [9.17, 15) is 13.6 Å². The van der Waals surface area contributed by atoms with Gasteiger partial charge in [0.1, 0.15) is 0 Å². The lowest BCUT2D eigenvalue weighted by atomic mass is 10.3. The van der Waals surface area contributed by atoms with Crippen molar-refractivity contribution in [3.8, 4) is 5.69 Å². The Morgan fingerprint density at radius 3 is 2.76 bits per heavy atom. The minimum Gasteiger partial charge on any atom is -0.481 e. The average Bonchev–Trinajstić information content (AvgIpc) is 2.69. The molecule has 0 amide bonds. The highest BCUT2D eigenvalue weighted by Crippen LogP contribution is 2.13. The number of rotatable bonds is 3. The maximum Gasteiger partial charge on any atom is 0.309 e. The lowest BCUT2D eigenvalue weighted by Gasteiger charge is -2.01. The first kappa shape index (κ1) is 11.3. The summed E-state index contributed by atoms with van der Waals surface area (Å²) in [7, 11) is 0. The van der Waals surface area contributed by atoms with Crippen molar-refractivity contribution >= 4 is 5.97 Å². The number of nitrogens with zero attached hydrogens (tertiary/aromatic N) is 2. The van der Waals surface area contributed by atoms with Crippen molar-refractivity contribution in [3.05, 3.63) is 48.1 Å². The van der Waals surface area contributed by atoms with E-state index in [1.54, 1.807) is 0 Å². The van der Waals surface area contributed by atoms with Crippen LogP contribution in [0.15, 0.2) is 30.7 Å². The summed E-state index contributed by atoms with van der Waals surface area (Å²) in [5.41, 5.74) is 0.732. The first-order valence-electron chi connectivity index (χ1n) is 4.76. The maximum absolute atomic E-state index is 13.0. The van der Waals surface area contributed by atoms with Crippen LogP contribution in [0.25, 0.3) is 5.69 Å². The predicted octanol–water partition coefficient (Wildman–Crippen LogP) is 1.78. The molecule has 2 rings (SSSR count). The Bertz CT molecular complexity index is 566. The Morgan fingerprint density at radius 1 is 1.35 bits per heavy atom. The van der Waals surface area contributed by atoms with Crippen LogP contribution in [0.4, 0.5) is 8.78 Å². The quantitative estimate of drug-likeness (QED) is 0.886. The van der Waals surface area contributed by atoms with Crippen molar-refractivity contribution in [2.24, 2.45) is 0 Å². The van der Waals surface area contributed by atoms with Gasteiger partial charge in [0.05, 0.1) is 18.4 Å². The molecule has 0 bridgehead atoms. The second-order valence-electron chi connectivity index (χ2n) is 3.44. The summed E-state index contributed by atoms with van der Waals surface area (Å²) in [4.78, 5) is 14.3. The zero-order chi connectivity index (χ0) is 12.4. The van der Waals surface area contributed by atoms with Gasteiger partial charge in [0.25, 0.3) is 0 Å². The second-order valence-corrected chi connectivity index (χ2v) is 3.44. The molecule has 0 aliphatic rings. The van der Waals surface area contributed by atoms with Crippen LogP contribution in [0.3, 0.4) is 0 Å². The second kappa shape index (κ2) is 4.32. The van der Waals surface area contributed by atoms with Gasteiger partial charge < -0.3 is 9.67 Å². The Balaban J connectivity index is 2.30. The van der Waals surface area contributed by atoms with Gasteiger partial charge in [-0.3, -0.25) is 4.79 Å². The minimum atomic E-state index is -1.000. The molecule has 6 heteroatoms. The SMILES string of the molecule is O=C(O)Cc1cn(-c2ccc(F)c(F)c2)cn1. The first-order chi connectivity index (χ1) is 8.06. The summed E-state index contributed by atoms with van der Waals surface area (Å²) in [6, 6.07) is 3.40. The Kier molecular flexibility index (Phi) is 2.86. The minimum absolute atomic E-state index is 0.212. The Labute approximate surface area is 95.1 Å². The molecule has 0 aliphatic heterocycles. The van der Waals surface area contributed by atoms with Crippen LogP contribution in [0.1, 0.15) is 5.69 Å². The molecule has 0 saturated carbocycles. The maximum atomic E-state index is 13.0. The van der Waals surface area contributed by atoms with E-state index in [1.165, 1.54) is 23.2 Å². The first-order valence-corrected chi connectivity index (χ1v) is 4.76. The van der Waals surface area contributed by atoms with Crippen molar-refractivity contribution in [1.82, 2.24) is 9.55 Å². The molecule has 0 spiro atoms. The summed E-state index contributed by atoms with van der Waals surface area (Å²) in [5, 5.41) is 8.57. The molecule has 1 aromatic carbocycles. The number of imidazole rings is 1. The molecule has 0 saturated heterocycles. The number of aromatic nitrogens is 2. The predicted molar refractivity (Wildman–Crippen MR) is 54.8 cm³/mol. The highest BCUT2D eigenvalue weighted by molar-refractivity contribution is 5.69. The molecule has 1 aromatic heterocycles. The molecular formula is C11H8F2N2O2. The average molecular weight is 238 g/mol. The van der Waals surface area contributed by atoms with Gasteiger partial charge in [0, 0.05) is 18.0 Å². The van der Waals surface area contributed by atoms with Crippen LogP contribution in [0.2, 0.25) is 0 Å².